The van der Waals surface area contributed by atoms with Gasteiger partial charge in [-0.05, 0) is 44.2 Å². The van der Waals surface area contributed by atoms with E-state index in [4.69, 9.17) is 9.15 Å². The van der Waals surface area contributed by atoms with Crippen LogP contribution >= 0.6 is 27.7 Å². The number of nitrogens with zero attached hydrogens (tertiary/aromatic N) is 3. The maximum Gasteiger partial charge on any atom is 0.191 e. The zero-order valence-electron chi connectivity index (χ0n) is 13.5. The van der Waals surface area contributed by atoms with Crippen LogP contribution in [-0.2, 0) is 6.54 Å². The lowest BCUT2D eigenvalue weighted by molar-refractivity contribution is 0.343. The lowest BCUT2D eigenvalue weighted by Crippen LogP contribution is -2.03. The molecule has 0 aliphatic carbocycles. The van der Waals surface area contributed by atoms with Crippen LogP contribution in [0.4, 0.5) is 0 Å². The third-order valence-corrected chi connectivity index (χ3v) is 4.99. The summed E-state index contributed by atoms with van der Waals surface area (Å²) >= 11 is 5.06. The van der Waals surface area contributed by atoms with Crippen LogP contribution in [0.25, 0.3) is 11.4 Å². The van der Waals surface area contributed by atoms with Crippen molar-refractivity contribution in [2.45, 2.75) is 25.5 Å². The molecule has 0 amide bonds. The van der Waals surface area contributed by atoms with Crippen LogP contribution in [0.2, 0.25) is 0 Å². The highest BCUT2D eigenvalue weighted by Crippen LogP contribution is 2.27. The Balaban J connectivity index is 1.60. The summed E-state index contributed by atoms with van der Waals surface area (Å²) in [4.78, 5) is 0. The molecule has 0 N–H and O–H groups in total. The summed E-state index contributed by atoms with van der Waals surface area (Å²) in [7, 11) is 0. The normalized spacial score (nSPS) is 11.0. The Hall–Kier alpha value is -1.73. The SMILES string of the molecule is CCn1c(SCCOc2ccc(Br)cc2)nnc1-c1ccoc1C. The number of halogens is 1. The van der Waals surface area contributed by atoms with Gasteiger partial charge in [-0.2, -0.15) is 0 Å². The van der Waals surface area contributed by atoms with E-state index in [1.165, 1.54) is 0 Å². The maximum absolute atomic E-state index is 5.74. The van der Waals surface area contributed by atoms with Gasteiger partial charge >= 0.3 is 0 Å². The molecule has 2 aromatic heterocycles. The van der Waals surface area contributed by atoms with Crippen molar-refractivity contribution in [2.75, 3.05) is 12.4 Å². The molecule has 3 aromatic rings. The number of benzene rings is 1. The molecule has 0 saturated carbocycles. The Morgan fingerprint density at radius 1 is 1.21 bits per heavy atom. The second-order valence-corrected chi connectivity index (χ2v) is 7.07. The van der Waals surface area contributed by atoms with E-state index in [0.717, 1.165) is 44.8 Å². The highest BCUT2D eigenvalue weighted by molar-refractivity contribution is 9.10. The van der Waals surface area contributed by atoms with E-state index in [9.17, 15) is 0 Å². The van der Waals surface area contributed by atoms with Crippen molar-refractivity contribution in [1.82, 2.24) is 14.8 Å². The highest BCUT2D eigenvalue weighted by Gasteiger charge is 2.16. The minimum Gasteiger partial charge on any atom is -0.493 e. The van der Waals surface area contributed by atoms with E-state index < -0.39 is 0 Å². The van der Waals surface area contributed by atoms with Crippen LogP contribution < -0.4 is 4.74 Å². The number of furan rings is 1. The Bertz CT molecular complexity index is 799. The molecule has 0 bridgehead atoms. The van der Waals surface area contributed by atoms with Crippen LogP contribution in [0, 0.1) is 6.92 Å². The molecule has 0 saturated heterocycles. The van der Waals surface area contributed by atoms with Crippen molar-refractivity contribution in [3.63, 3.8) is 0 Å². The fraction of sp³-hybridized carbons (Fsp3) is 0.294. The van der Waals surface area contributed by atoms with E-state index in [1.807, 2.05) is 37.3 Å². The molecule has 5 nitrogen and oxygen atoms in total. The Morgan fingerprint density at radius 3 is 2.67 bits per heavy atom. The third kappa shape index (κ3) is 3.84. The van der Waals surface area contributed by atoms with Crippen LogP contribution in [0.15, 0.2) is 50.6 Å². The Morgan fingerprint density at radius 2 is 2.00 bits per heavy atom. The monoisotopic (exact) mass is 407 g/mol. The van der Waals surface area contributed by atoms with Crippen molar-refractivity contribution < 1.29 is 9.15 Å². The van der Waals surface area contributed by atoms with Gasteiger partial charge in [0.15, 0.2) is 11.0 Å². The number of aromatic nitrogens is 3. The minimum atomic E-state index is 0.614. The summed E-state index contributed by atoms with van der Waals surface area (Å²) in [5, 5.41) is 9.53. The third-order valence-electron chi connectivity index (χ3n) is 3.53. The summed E-state index contributed by atoms with van der Waals surface area (Å²) in [6, 6.07) is 9.76. The quantitative estimate of drug-likeness (QED) is 0.415. The van der Waals surface area contributed by atoms with Gasteiger partial charge in [0.05, 0.1) is 18.4 Å². The van der Waals surface area contributed by atoms with E-state index in [0.29, 0.717) is 6.61 Å². The van der Waals surface area contributed by atoms with Crippen LogP contribution in [-0.4, -0.2) is 27.1 Å². The summed E-state index contributed by atoms with van der Waals surface area (Å²) in [5.41, 5.74) is 0.988. The van der Waals surface area contributed by atoms with E-state index >= 15 is 0 Å². The standard InChI is InChI=1S/C17H18BrN3O2S/c1-3-21-16(15-8-9-22-12(15)2)19-20-17(21)24-11-10-23-14-6-4-13(18)5-7-14/h4-9H,3,10-11H2,1-2H3. The van der Waals surface area contributed by atoms with Gasteiger partial charge in [-0.3, -0.25) is 0 Å². The van der Waals surface area contributed by atoms with Gasteiger partial charge < -0.3 is 13.7 Å². The van der Waals surface area contributed by atoms with Crippen molar-refractivity contribution >= 4 is 27.7 Å². The van der Waals surface area contributed by atoms with E-state index in [2.05, 4.69) is 37.6 Å². The molecule has 0 aliphatic heterocycles. The van der Waals surface area contributed by atoms with Gasteiger partial charge in [0.25, 0.3) is 0 Å². The molecule has 126 valence electrons. The van der Waals surface area contributed by atoms with Gasteiger partial charge in [-0.15, -0.1) is 10.2 Å². The maximum atomic E-state index is 5.74. The zero-order chi connectivity index (χ0) is 16.9. The lowest BCUT2D eigenvalue weighted by Gasteiger charge is -2.08. The molecule has 0 fully saturated rings. The van der Waals surface area contributed by atoms with Gasteiger partial charge in [0.1, 0.15) is 11.5 Å². The van der Waals surface area contributed by atoms with Gasteiger partial charge in [0.2, 0.25) is 0 Å². The average molecular weight is 408 g/mol. The second kappa shape index (κ2) is 7.90. The molecule has 0 unspecified atom stereocenters. The topological polar surface area (TPSA) is 53.1 Å². The molecule has 0 atom stereocenters. The summed E-state index contributed by atoms with van der Waals surface area (Å²) in [5.74, 6) is 3.37. The Kier molecular flexibility index (Phi) is 5.63. The molecule has 0 aliphatic rings. The number of ether oxygens (including phenoxy) is 1. The van der Waals surface area contributed by atoms with Crippen molar-refractivity contribution in [1.29, 1.82) is 0 Å². The Labute approximate surface area is 153 Å². The molecule has 2 heterocycles. The molecular formula is C17H18BrN3O2S. The first-order chi connectivity index (χ1) is 11.7. The molecule has 1 aromatic carbocycles. The first kappa shape index (κ1) is 17.1. The summed E-state index contributed by atoms with van der Waals surface area (Å²) in [6.45, 7) is 5.44. The number of thioether (sulfide) groups is 1. The molecule has 24 heavy (non-hydrogen) atoms. The summed E-state index contributed by atoms with van der Waals surface area (Å²) < 4.78 is 14.3. The zero-order valence-corrected chi connectivity index (χ0v) is 15.9. The van der Waals surface area contributed by atoms with Crippen molar-refractivity contribution in [3.8, 4) is 17.1 Å². The van der Waals surface area contributed by atoms with E-state index in [1.54, 1.807) is 18.0 Å². The van der Waals surface area contributed by atoms with Crippen LogP contribution in [0.5, 0.6) is 5.75 Å². The van der Waals surface area contributed by atoms with Gasteiger partial charge in [0, 0.05) is 16.8 Å². The molecular weight excluding hydrogens is 390 g/mol. The molecule has 0 radical (unpaired) electrons. The molecule has 0 spiro atoms. The largest absolute Gasteiger partial charge is 0.493 e. The van der Waals surface area contributed by atoms with Crippen LogP contribution in [0.3, 0.4) is 0 Å². The minimum absolute atomic E-state index is 0.614. The fourth-order valence-corrected chi connectivity index (χ4v) is 3.40. The first-order valence-corrected chi connectivity index (χ1v) is 9.45. The molecule has 7 heteroatoms. The first-order valence-electron chi connectivity index (χ1n) is 7.68. The fourth-order valence-electron chi connectivity index (χ4n) is 2.32. The number of rotatable bonds is 7. The van der Waals surface area contributed by atoms with Crippen LogP contribution in [0.1, 0.15) is 12.7 Å². The van der Waals surface area contributed by atoms with Crippen molar-refractivity contribution in [2.24, 2.45) is 0 Å². The highest BCUT2D eigenvalue weighted by atomic mass is 79.9. The predicted molar refractivity (Wildman–Crippen MR) is 98.5 cm³/mol. The molecule has 3 rings (SSSR count). The van der Waals surface area contributed by atoms with Gasteiger partial charge in [-0.25, -0.2) is 0 Å². The smallest absolute Gasteiger partial charge is 0.191 e. The summed E-state index contributed by atoms with van der Waals surface area (Å²) in [6.07, 6.45) is 1.68. The van der Waals surface area contributed by atoms with Crippen molar-refractivity contribution in [3.05, 3.63) is 46.8 Å². The number of aryl methyl sites for hydroxylation is 1. The number of hydrogen-bond donors (Lipinski definition) is 0. The number of hydrogen-bond acceptors (Lipinski definition) is 5. The lowest BCUT2D eigenvalue weighted by atomic mass is 10.2. The predicted octanol–water partition coefficient (Wildman–Crippen LogP) is 4.80. The van der Waals surface area contributed by atoms with Gasteiger partial charge in [-0.1, -0.05) is 27.7 Å². The second-order valence-electron chi connectivity index (χ2n) is 5.09. The van der Waals surface area contributed by atoms with E-state index in [-0.39, 0.29) is 0 Å². The average Bonchev–Trinajstić information content (AvgIpc) is 3.18.